The van der Waals surface area contributed by atoms with Crippen LogP contribution < -0.4 is 14.2 Å². The molecule has 3 aromatic carbocycles. The molecule has 196 valence electrons. The number of carbonyl (C=O) groups is 2. The molecule has 4 rings (SSSR count). The van der Waals surface area contributed by atoms with Crippen LogP contribution in [0.5, 0.6) is 23.0 Å². The highest BCUT2D eigenvalue weighted by molar-refractivity contribution is 6.14. The quantitative estimate of drug-likeness (QED) is 0.379. The Morgan fingerprint density at radius 3 is 2.29 bits per heavy atom. The number of phenolic OH excluding ortho intramolecular Hbond substituents is 1. The van der Waals surface area contributed by atoms with E-state index in [4.69, 9.17) is 14.2 Å². The number of aliphatic hydroxyl groups is 1. The lowest BCUT2D eigenvalue weighted by molar-refractivity contribution is -0.129. The lowest BCUT2D eigenvalue weighted by Gasteiger charge is -2.27. The number of allylic oxidation sites excluding steroid dienone is 1. The van der Waals surface area contributed by atoms with Crippen LogP contribution in [0.3, 0.4) is 0 Å². The SMILES string of the molecule is COc1cc([C@@H]2C(C(=O)/C=C/c3ccccc3)=C(O)C(=O)N2CCc2ccc(OC)c(OC)c2)ccc1O. The van der Waals surface area contributed by atoms with E-state index in [1.807, 2.05) is 42.5 Å². The van der Waals surface area contributed by atoms with Crippen LogP contribution in [0.1, 0.15) is 22.7 Å². The number of rotatable bonds is 10. The first-order valence-electron chi connectivity index (χ1n) is 12.0. The topological polar surface area (TPSA) is 106 Å². The highest BCUT2D eigenvalue weighted by Crippen LogP contribution is 2.41. The van der Waals surface area contributed by atoms with Gasteiger partial charge in [-0.05, 0) is 53.5 Å². The fourth-order valence-corrected chi connectivity index (χ4v) is 4.46. The minimum Gasteiger partial charge on any atom is -0.504 e. The standard InChI is InChI=1S/C30H29NO7/c1-36-24-14-10-20(17-26(24)38-3)15-16-31-28(21-11-13-22(32)25(18-21)37-2)27(29(34)30(31)35)23(33)12-9-19-7-5-4-6-8-19/h4-14,17-18,28,32,34H,15-16H2,1-3H3/b12-9+/t28-/m1/s1. The molecule has 0 radical (unpaired) electrons. The molecule has 0 aromatic heterocycles. The van der Waals surface area contributed by atoms with Crippen LogP contribution in [0.25, 0.3) is 6.08 Å². The monoisotopic (exact) mass is 515 g/mol. The van der Waals surface area contributed by atoms with Crippen molar-refractivity contribution < 1.29 is 34.0 Å². The van der Waals surface area contributed by atoms with Crippen molar-refractivity contribution in [1.29, 1.82) is 0 Å². The molecule has 0 saturated heterocycles. The van der Waals surface area contributed by atoms with Crippen molar-refractivity contribution in [2.45, 2.75) is 12.5 Å². The molecule has 1 aliphatic heterocycles. The van der Waals surface area contributed by atoms with Gasteiger partial charge >= 0.3 is 0 Å². The maximum absolute atomic E-state index is 13.4. The third-order valence-electron chi connectivity index (χ3n) is 6.40. The van der Waals surface area contributed by atoms with Gasteiger partial charge in [0.2, 0.25) is 0 Å². The first-order valence-corrected chi connectivity index (χ1v) is 12.0. The average molecular weight is 516 g/mol. The maximum Gasteiger partial charge on any atom is 0.290 e. The Morgan fingerprint density at radius 2 is 1.61 bits per heavy atom. The number of aliphatic hydroxyl groups excluding tert-OH is 1. The van der Waals surface area contributed by atoms with E-state index in [9.17, 15) is 19.8 Å². The number of carbonyl (C=O) groups excluding carboxylic acids is 2. The molecule has 38 heavy (non-hydrogen) atoms. The Balaban J connectivity index is 1.69. The van der Waals surface area contributed by atoms with Crippen LogP contribution >= 0.6 is 0 Å². The second-order valence-corrected chi connectivity index (χ2v) is 8.64. The number of hydrogen-bond donors (Lipinski definition) is 2. The molecule has 0 unspecified atom stereocenters. The normalized spacial score (nSPS) is 15.3. The van der Waals surface area contributed by atoms with E-state index < -0.39 is 23.5 Å². The molecule has 3 aromatic rings. The molecule has 1 atom stereocenters. The van der Waals surface area contributed by atoms with Crippen LogP contribution in [0.15, 0.2) is 84.1 Å². The Bertz CT molecular complexity index is 1390. The van der Waals surface area contributed by atoms with Crippen molar-refractivity contribution in [3.05, 3.63) is 101 Å². The Hall–Kier alpha value is -4.72. The minimum atomic E-state index is -0.884. The van der Waals surface area contributed by atoms with E-state index in [2.05, 4.69) is 0 Å². The van der Waals surface area contributed by atoms with E-state index in [1.165, 1.54) is 24.2 Å². The predicted octanol–water partition coefficient (Wildman–Crippen LogP) is 4.64. The number of amides is 1. The molecule has 1 heterocycles. The van der Waals surface area contributed by atoms with Crippen LogP contribution in [0.2, 0.25) is 0 Å². The summed E-state index contributed by atoms with van der Waals surface area (Å²) in [5.41, 5.74) is 2.15. The molecule has 1 amide bonds. The molecule has 0 fully saturated rings. The molecule has 2 N–H and O–H groups in total. The summed E-state index contributed by atoms with van der Waals surface area (Å²) in [5, 5.41) is 21.0. The average Bonchev–Trinajstić information content (AvgIpc) is 3.20. The predicted molar refractivity (Wildman–Crippen MR) is 143 cm³/mol. The maximum atomic E-state index is 13.4. The van der Waals surface area contributed by atoms with E-state index >= 15 is 0 Å². The van der Waals surface area contributed by atoms with Crippen molar-refractivity contribution in [3.8, 4) is 23.0 Å². The zero-order valence-corrected chi connectivity index (χ0v) is 21.4. The lowest BCUT2D eigenvalue weighted by atomic mass is 9.95. The van der Waals surface area contributed by atoms with Crippen LogP contribution in [0, 0.1) is 0 Å². The fraction of sp³-hybridized carbons (Fsp3) is 0.200. The smallest absolute Gasteiger partial charge is 0.290 e. The molecule has 0 bridgehead atoms. The number of ketones is 1. The van der Waals surface area contributed by atoms with Crippen LogP contribution in [0.4, 0.5) is 0 Å². The molecule has 0 saturated carbocycles. The summed E-state index contributed by atoms with van der Waals surface area (Å²) in [6.07, 6.45) is 3.40. The summed E-state index contributed by atoms with van der Waals surface area (Å²) in [5.74, 6) is -0.503. The van der Waals surface area contributed by atoms with Gasteiger partial charge in [0.15, 0.2) is 34.5 Å². The summed E-state index contributed by atoms with van der Waals surface area (Å²) < 4.78 is 15.9. The molecular formula is C30H29NO7. The third kappa shape index (κ3) is 5.34. The number of nitrogens with zero attached hydrogens (tertiary/aromatic N) is 1. The second kappa shape index (κ2) is 11.6. The van der Waals surface area contributed by atoms with Gasteiger partial charge in [-0.25, -0.2) is 0 Å². The molecule has 8 heteroatoms. The van der Waals surface area contributed by atoms with Crippen molar-refractivity contribution in [3.63, 3.8) is 0 Å². The molecule has 8 nitrogen and oxygen atoms in total. The fourth-order valence-electron chi connectivity index (χ4n) is 4.46. The number of ether oxygens (including phenoxy) is 3. The van der Waals surface area contributed by atoms with Crippen molar-refractivity contribution >= 4 is 17.8 Å². The largest absolute Gasteiger partial charge is 0.504 e. The van der Waals surface area contributed by atoms with Crippen molar-refractivity contribution in [2.24, 2.45) is 0 Å². The van der Waals surface area contributed by atoms with Gasteiger partial charge in [-0.2, -0.15) is 0 Å². The summed E-state index contributed by atoms with van der Waals surface area (Å²) in [6, 6.07) is 18.4. The lowest BCUT2D eigenvalue weighted by Crippen LogP contribution is -2.33. The van der Waals surface area contributed by atoms with Gasteiger partial charge in [0, 0.05) is 6.54 Å². The van der Waals surface area contributed by atoms with Gasteiger partial charge < -0.3 is 29.3 Å². The highest BCUT2D eigenvalue weighted by atomic mass is 16.5. The van der Waals surface area contributed by atoms with E-state index in [-0.39, 0.29) is 23.6 Å². The summed E-state index contributed by atoms with van der Waals surface area (Å²) in [6.45, 7) is 0.200. The minimum absolute atomic E-state index is 0.0396. The third-order valence-corrected chi connectivity index (χ3v) is 6.40. The van der Waals surface area contributed by atoms with Gasteiger partial charge in [0.25, 0.3) is 5.91 Å². The van der Waals surface area contributed by atoms with Gasteiger partial charge in [-0.15, -0.1) is 0 Å². The highest BCUT2D eigenvalue weighted by Gasteiger charge is 2.43. The van der Waals surface area contributed by atoms with Gasteiger partial charge in [-0.3, -0.25) is 9.59 Å². The van der Waals surface area contributed by atoms with Crippen molar-refractivity contribution in [2.75, 3.05) is 27.9 Å². The van der Waals surface area contributed by atoms with Gasteiger partial charge in [-0.1, -0.05) is 48.5 Å². The van der Waals surface area contributed by atoms with Gasteiger partial charge in [0.1, 0.15) is 0 Å². The first-order chi connectivity index (χ1) is 18.4. The van der Waals surface area contributed by atoms with Crippen molar-refractivity contribution in [1.82, 2.24) is 4.90 Å². The van der Waals surface area contributed by atoms with E-state index in [1.54, 1.807) is 38.5 Å². The van der Waals surface area contributed by atoms with Crippen LogP contribution in [-0.4, -0.2) is 54.7 Å². The number of aromatic hydroxyl groups is 1. The second-order valence-electron chi connectivity index (χ2n) is 8.64. The van der Waals surface area contributed by atoms with E-state index in [0.29, 0.717) is 23.5 Å². The number of methoxy groups -OCH3 is 3. The summed E-state index contributed by atoms with van der Waals surface area (Å²) in [4.78, 5) is 28.1. The number of phenols is 1. The van der Waals surface area contributed by atoms with E-state index in [0.717, 1.165) is 11.1 Å². The molecule has 0 spiro atoms. The number of hydrogen-bond acceptors (Lipinski definition) is 7. The van der Waals surface area contributed by atoms with Gasteiger partial charge in [0.05, 0.1) is 32.9 Å². The Morgan fingerprint density at radius 1 is 0.895 bits per heavy atom. The Kier molecular flexibility index (Phi) is 8.01. The summed E-state index contributed by atoms with van der Waals surface area (Å²) in [7, 11) is 4.51. The zero-order chi connectivity index (χ0) is 27.2. The molecule has 1 aliphatic rings. The number of benzene rings is 3. The van der Waals surface area contributed by atoms with Crippen LogP contribution in [-0.2, 0) is 16.0 Å². The first kappa shape index (κ1) is 26.3. The summed E-state index contributed by atoms with van der Waals surface area (Å²) >= 11 is 0. The Labute approximate surface area is 221 Å². The molecular weight excluding hydrogens is 486 g/mol. The zero-order valence-electron chi connectivity index (χ0n) is 21.4. The molecule has 0 aliphatic carbocycles.